The minimum atomic E-state index is 0.323. The van der Waals surface area contributed by atoms with Gasteiger partial charge in [-0.1, -0.05) is 20.3 Å². The van der Waals surface area contributed by atoms with E-state index in [-0.39, 0.29) is 0 Å². The van der Waals surface area contributed by atoms with Crippen molar-refractivity contribution in [2.24, 2.45) is 4.99 Å². The van der Waals surface area contributed by atoms with Gasteiger partial charge in [-0.05, 0) is 65.6 Å². The van der Waals surface area contributed by atoms with Crippen LogP contribution in [0.1, 0.15) is 72.6 Å². The van der Waals surface area contributed by atoms with E-state index in [1.165, 1.54) is 12.8 Å². The standard InChI is InChI=1S/C21H43N5O/c1-5-22-21(24-19(4)13-11-16-25(6-2)7-3)23-15-12-18-26-17-10-8-9-14-20(26)27/h19H,5-18H2,1-4H3,(H2,22,23,24). The molecule has 2 N–H and O–H groups in total. The first-order valence-corrected chi connectivity index (χ1v) is 11.2. The van der Waals surface area contributed by atoms with Crippen LogP contribution in [-0.2, 0) is 4.79 Å². The molecule has 1 atom stereocenters. The molecule has 1 saturated heterocycles. The molecule has 1 heterocycles. The third-order valence-corrected chi connectivity index (χ3v) is 5.26. The average Bonchev–Trinajstić information content (AvgIpc) is 2.86. The first kappa shape index (κ1) is 23.7. The molecule has 0 bridgehead atoms. The third kappa shape index (κ3) is 10.6. The SMILES string of the molecule is CCNC(=NCCCN1CCCCCC1=O)NC(C)CCCN(CC)CC. The number of amides is 1. The Hall–Kier alpha value is -1.30. The summed E-state index contributed by atoms with van der Waals surface area (Å²) in [5, 5.41) is 6.86. The number of nitrogens with zero attached hydrogens (tertiary/aromatic N) is 3. The lowest BCUT2D eigenvalue weighted by atomic mass is 10.2. The van der Waals surface area contributed by atoms with E-state index in [9.17, 15) is 4.79 Å². The quantitative estimate of drug-likeness (QED) is 0.310. The fraction of sp³-hybridized carbons (Fsp3) is 0.905. The van der Waals surface area contributed by atoms with Crippen molar-refractivity contribution in [2.45, 2.75) is 78.7 Å². The van der Waals surface area contributed by atoms with E-state index in [1.807, 2.05) is 4.90 Å². The number of carbonyl (C=O) groups is 1. The molecule has 0 aromatic carbocycles. The Bertz CT molecular complexity index is 423. The van der Waals surface area contributed by atoms with Crippen molar-refractivity contribution in [2.75, 3.05) is 45.8 Å². The third-order valence-electron chi connectivity index (χ3n) is 5.26. The summed E-state index contributed by atoms with van der Waals surface area (Å²) in [6.45, 7) is 15.6. The highest BCUT2D eigenvalue weighted by atomic mass is 16.2. The Morgan fingerprint density at radius 3 is 2.67 bits per heavy atom. The van der Waals surface area contributed by atoms with Crippen LogP contribution in [0, 0.1) is 0 Å². The van der Waals surface area contributed by atoms with Crippen molar-refractivity contribution in [3.8, 4) is 0 Å². The Morgan fingerprint density at radius 2 is 1.96 bits per heavy atom. The second-order valence-corrected chi connectivity index (χ2v) is 7.52. The number of rotatable bonds is 12. The number of hydrogen-bond donors (Lipinski definition) is 2. The van der Waals surface area contributed by atoms with Crippen molar-refractivity contribution in [3.05, 3.63) is 0 Å². The van der Waals surface area contributed by atoms with Crippen LogP contribution in [0.2, 0.25) is 0 Å². The summed E-state index contributed by atoms with van der Waals surface area (Å²) in [6, 6.07) is 0.408. The number of aliphatic imine (C=N–C) groups is 1. The monoisotopic (exact) mass is 381 g/mol. The first-order chi connectivity index (χ1) is 13.1. The summed E-state index contributed by atoms with van der Waals surface area (Å²) >= 11 is 0. The number of likely N-dealkylation sites (tertiary alicyclic amines) is 1. The maximum atomic E-state index is 12.0. The average molecular weight is 382 g/mol. The van der Waals surface area contributed by atoms with Crippen LogP contribution in [0.4, 0.5) is 0 Å². The second-order valence-electron chi connectivity index (χ2n) is 7.52. The molecule has 0 radical (unpaired) electrons. The Balaban J connectivity index is 2.32. The number of guanidine groups is 1. The van der Waals surface area contributed by atoms with E-state index in [0.717, 1.165) is 83.9 Å². The topological polar surface area (TPSA) is 60.0 Å². The summed E-state index contributed by atoms with van der Waals surface area (Å²) in [7, 11) is 0. The van der Waals surface area contributed by atoms with E-state index < -0.39 is 0 Å². The van der Waals surface area contributed by atoms with Crippen LogP contribution in [0.5, 0.6) is 0 Å². The normalized spacial score (nSPS) is 17.1. The zero-order valence-electron chi connectivity index (χ0n) is 18.2. The fourth-order valence-electron chi connectivity index (χ4n) is 3.51. The zero-order valence-corrected chi connectivity index (χ0v) is 18.2. The van der Waals surface area contributed by atoms with Crippen molar-refractivity contribution in [1.82, 2.24) is 20.4 Å². The van der Waals surface area contributed by atoms with Gasteiger partial charge in [-0.25, -0.2) is 0 Å². The summed E-state index contributed by atoms with van der Waals surface area (Å²) in [6.07, 6.45) is 7.37. The van der Waals surface area contributed by atoms with Gasteiger partial charge in [-0.3, -0.25) is 9.79 Å². The van der Waals surface area contributed by atoms with Crippen molar-refractivity contribution < 1.29 is 4.79 Å². The highest BCUT2D eigenvalue weighted by Crippen LogP contribution is 2.11. The molecule has 1 aliphatic heterocycles. The summed E-state index contributed by atoms with van der Waals surface area (Å²) < 4.78 is 0. The summed E-state index contributed by atoms with van der Waals surface area (Å²) in [5.41, 5.74) is 0. The minimum absolute atomic E-state index is 0.323. The van der Waals surface area contributed by atoms with Crippen molar-refractivity contribution >= 4 is 11.9 Å². The molecule has 1 rings (SSSR count). The lowest BCUT2D eigenvalue weighted by Crippen LogP contribution is -2.42. The predicted molar refractivity (Wildman–Crippen MR) is 115 cm³/mol. The van der Waals surface area contributed by atoms with Gasteiger partial charge in [0.1, 0.15) is 0 Å². The van der Waals surface area contributed by atoms with Gasteiger partial charge >= 0.3 is 0 Å². The highest BCUT2D eigenvalue weighted by molar-refractivity contribution is 5.80. The molecular formula is C21H43N5O. The van der Waals surface area contributed by atoms with E-state index in [2.05, 4.69) is 43.2 Å². The van der Waals surface area contributed by atoms with E-state index >= 15 is 0 Å². The van der Waals surface area contributed by atoms with Gasteiger partial charge in [-0.15, -0.1) is 0 Å². The van der Waals surface area contributed by atoms with Crippen LogP contribution < -0.4 is 10.6 Å². The van der Waals surface area contributed by atoms with Crippen molar-refractivity contribution in [1.29, 1.82) is 0 Å². The van der Waals surface area contributed by atoms with Gasteiger partial charge in [0.2, 0.25) is 5.91 Å². The summed E-state index contributed by atoms with van der Waals surface area (Å²) in [4.78, 5) is 21.2. The Labute approximate surface area is 167 Å². The maximum Gasteiger partial charge on any atom is 0.222 e. The Morgan fingerprint density at radius 1 is 1.19 bits per heavy atom. The molecule has 1 amide bonds. The van der Waals surface area contributed by atoms with Gasteiger partial charge in [0.25, 0.3) is 0 Å². The molecule has 0 spiro atoms. The smallest absolute Gasteiger partial charge is 0.222 e. The molecule has 0 aliphatic carbocycles. The maximum absolute atomic E-state index is 12.0. The second kappa shape index (κ2) is 14.7. The van der Waals surface area contributed by atoms with Gasteiger partial charge < -0.3 is 20.4 Å². The number of nitrogens with one attached hydrogen (secondary N) is 2. The first-order valence-electron chi connectivity index (χ1n) is 11.2. The number of carbonyl (C=O) groups excluding carboxylic acids is 1. The summed E-state index contributed by atoms with van der Waals surface area (Å²) in [5.74, 6) is 1.22. The molecule has 0 aromatic heterocycles. The fourth-order valence-corrected chi connectivity index (χ4v) is 3.51. The zero-order chi connectivity index (χ0) is 19.9. The van der Waals surface area contributed by atoms with E-state index in [0.29, 0.717) is 11.9 Å². The Kier molecular flexibility index (Phi) is 12.9. The van der Waals surface area contributed by atoms with Crippen LogP contribution >= 0.6 is 0 Å². The molecule has 1 aliphatic rings. The van der Waals surface area contributed by atoms with E-state index in [4.69, 9.17) is 4.99 Å². The van der Waals surface area contributed by atoms with Gasteiger partial charge in [0.15, 0.2) is 5.96 Å². The van der Waals surface area contributed by atoms with Crippen molar-refractivity contribution in [3.63, 3.8) is 0 Å². The molecular weight excluding hydrogens is 338 g/mol. The number of hydrogen-bond acceptors (Lipinski definition) is 3. The molecule has 158 valence electrons. The van der Waals surface area contributed by atoms with Gasteiger partial charge in [0.05, 0.1) is 0 Å². The van der Waals surface area contributed by atoms with Crippen LogP contribution in [0.3, 0.4) is 0 Å². The molecule has 0 aromatic rings. The van der Waals surface area contributed by atoms with Crippen LogP contribution in [0.25, 0.3) is 0 Å². The molecule has 27 heavy (non-hydrogen) atoms. The lowest BCUT2D eigenvalue weighted by Gasteiger charge is -2.21. The minimum Gasteiger partial charge on any atom is -0.357 e. The lowest BCUT2D eigenvalue weighted by molar-refractivity contribution is -0.130. The van der Waals surface area contributed by atoms with Crippen LogP contribution in [0.15, 0.2) is 4.99 Å². The molecule has 1 unspecified atom stereocenters. The van der Waals surface area contributed by atoms with E-state index in [1.54, 1.807) is 0 Å². The molecule has 1 fully saturated rings. The van der Waals surface area contributed by atoms with Crippen LogP contribution in [-0.4, -0.2) is 73.5 Å². The van der Waals surface area contributed by atoms with Gasteiger partial charge in [-0.2, -0.15) is 0 Å². The molecule has 6 heteroatoms. The molecule has 6 nitrogen and oxygen atoms in total. The highest BCUT2D eigenvalue weighted by Gasteiger charge is 2.15. The van der Waals surface area contributed by atoms with Gasteiger partial charge in [0, 0.05) is 38.6 Å². The molecule has 0 saturated carbocycles. The largest absolute Gasteiger partial charge is 0.357 e. The predicted octanol–water partition coefficient (Wildman–Crippen LogP) is 2.84.